The first-order valence-corrected chi connectivity index (χ1v) is 9.30. The molecular formula is C22H20F3NO2. The van der Waals surface area contributed by atoms with E-state index in [0.29, 0.717) is 12.0 Å². The van der Waals surface area contributed by atoms with Crippen molar-refractivity contribution in [1.82, 2.24) is 4.90 Å². The van der Waals surface area contributed by atoms with Gasteiger partial charge in [0.1, 0.15) is 12.4 Å². The largest absolute Gasteiger partial charge is 0.445 e. The second-order valence-electron chi connectivity index (χ2n) is 7.18. The number of alkyl halides is 2. The number of hydrogen-bond acceptors (Lipinski definition) is 2. The van der Waals surface area contributed by atoms with E-state index >= 15 is 0 Å². The van der Waals surface area contributed by atoms with Crippen molar-refractivity contribution in [3.63, 3.8) is 0 Å². The second kappa shape index (κ2) is 7.70. The Morgan fingerprint density at radius 2 is 1.93 bits per heavy atom. The summed E-state index contributed by atoms with van der Waals surface area (Å²) in [6.07, 6.45) is 0.954. The fraction of sp³-hybridized carbons (Fsp3) is 0.318. The van der Waals surface area contributed by atoms with Crippen molar-refractivity contribution in [2.45, 2.75) is 44.4 Å². The number of nitrogens with zero attached hydrogens (tertiary/aromatic N) is 1. The molecule has 2 aromatic rings. The summed E-state index contributed by atoms with van der Waals surface area (Å²) < 4.78 is 44.9. The van der Waals surface area contributed by atoms with Crippen LogP contribution in [0.3, 0.4) is 0 Å². The molecule has 28 heavy (non-hydrogen) atoms. The third-order valence-electron chi connectivity index (χ3n) is 5.42. The monoisotopic (exact) mass is 387 g/mol. The van der Waals surface area contributed by atoms with Gasteiger partial charge >= 0.3 is 6.09 Å². The van der Waals surface area contributed by atoms with E-state index in [4.69, 9.17) is 4.74 Å². The molecular weight excluding hydrogens is 367 g/mol. The van der Waals surface area contributed by atoms with Crippen molar-refractivity contribution in [2.24, 2.45) is 0 Å². The highest BCUT2D eigenvalue weighted by molar-refractivity contribution is 5.75. The van der Waals surface area contributed by atoms with Crippen LogP contribution in [0.25, 0.3) is 5.57 Å². The van der Waals surface area contributed by atoms with Gasteiger partial charge in [-0.2, -0.15) is 0 Å². The van der Waals surface area contributed by atoms with E-state index in [1.165, 1.54) is 6.07 Å². The molecule has 6 heteroatoms. The molecule has 4 rings (SSSR count). The first-order chi connectivity index (χ1) is 13.5. The molecule has 0 saturated carbocycles. The van der Waals surface area contributed by atoms with Crippen LogP contribution in [0.4, 0.5) is 18.0 Å². The lowest BCUT2D eigenvalue weighted by Gasteiger charge is -2.33. The van der Waals surface area contributed by atoms with Crippen LogP contribution >= 0.6 is 0 Å². The minimum Gasteiger partial charge on any atom is -0.445 e. The van der Waals surface area contributed by atoms with E-state index in [2.05, 4.69) is 0 Å². The molecule has 2 aromatic carbocycles. The third-order valence-corrected chi connectivity index (χ3v) is 5.42. The quantitative estimate of drug-likeness (QED) is 0.671. The summed E-state index contributed by atoms with van der Waals surface area (Å²) in [5.41, 5.74) is 1.82. The summed E-state index contributed by atoms with van der Waals surface area (Å²) in [6, 6.07) is 13.2. The van der Waals surface area contributed by atoms with Crippen LogP contribution in [0.5, 0.6) is 0 Å². The molecule has 1 amide bonds. The molecule has 0 spiro atoms. The van der Waals surface area contributed by atoms with Gasteiger partial charge in [0, 0.05) is 6.04 Å². The van der Waals surface area contributed by atoms with Crippen molar-refractivity contribution >= 4 is 11.7 Å². The first-order valence-electron chi connectivity index (χ1n) is 9.30. The van der Waals surface area contributed by atoms with Gasteiger partial charge in [0.2, 0.25) is 0 Å². The molecule has 3 nitrogen and oxygen atoms in total. The first kappa shape index (κ1) is 18.6. The molecule has 146 valence electrons. The van der Waals surface area contributed by atoms with Gasteiger partial charge in [0.25, 0.3) is 6.43 Å². The van der Waals surface area contributed by atoms with Gasteiger partial charge in [-0.3, -0.25) is 4.90 Å². The van der Waals surface area contributed by atoms with Crippen LogP contribution in [0.2, 0.25) is 0 Å². The molecule has 2 aliphatic rings. The summed E-state index contributed by atoms with van der Waals surface area (Å²) in [5.74, 6) is -0.898. The van der Waals surface area contributed by atoms with Crippen molar-refractivity contribution in [3.8, 4) is 0 Å². The smallest absolute Gasteiger partial charge is 0.410 e. The number of fused-ring (bicyclic) bond motifs is 2. The molecule has 0 N–H and O–H groups in total. The van der Waals surface area contributed by atoms with Gasteiger partial charge in [0.05, 0.1) is 11.6 Å². The van der Waals surface area contributed by atoms with Crippen LogP contribution in [0.15, 0.2) is 54.6 Å². The Morgan fingerprint density at radius 1 is 1.14 bits per heavy atom. The van der Waals surface area contributed by atoms with Gasteiger partial charge in [-0.25, -0.2) is 18.0 Å². The van der Waals surface area contributed by atoms with Crippen molar-refractivity contribution in [2.75, 3.05) is 0 Å². The number of hydrogen-bond donors (Lipinski definition) is 0. The number of rotatable bonds is 4. The van der Waals surface area contributed by atoms with Crippen molar-refractivity contribution in [3.05, 3.63) is 77.1 Å². The van der Waals surface area contributed by atoms with E-state index in [0.717, 1.165) is 36.1 Å². The fourth-order valence-electron chi connectivity index (χ4n) is 4.03. The third kappa shape index (κ3) is 3.63. The number of carbonyl (C=O) groups is 1. The maximum Gasteiger partial charge on any atom is 0.410 e. The zero-order valence-electron chi connectivity index (χ0n) is 15.2. The number of amides is 1. The van der Waals surface area contributed by atoms with Gasteiger partial charge in [-0.15, -0.1) is 0 Å². The summed E-state index contributed by atoms with van der Waals surface area (Å²) >= 11 is 0. The van der Waals surface area contributed by atoms with E-state index in [1.54, 1.807) is 4.90 Å². The van der Waals surface area contributed by atoms with Crippen LogP contribution in [-0.2, 0) is 11.3 Å². The number of carbonyl (C=O) groups excluding carboxylic acids is 1. The topological polar surface area (TPSA) is 29.5 Å². The minimum absolute atomic E-state index is 0.0221. The molecule has 1 fully saturated rings. The summed E-state index contributed by atoms with van der Waals surface area (Å²) in [6.45, 7) is 0.215. The van der Waals surface area contributed by atoms with Crippen molar-refractivity contribution < 1.29 is 22.7 Å². The highest BCUT2D eigenvalue weighted by Gasteiger charge is 2.40. The minimum atomic E-state index is -2.83. The Kier molecular flexibility index (Phi) is 5.11. The lowest BCUT2D eigenvalue weighted by Crippen LogP contribution is -2.43. The molecule has 0 aromatic heterocycles. The van der Waals surface area contributed by atoms with Crippen LogP contribution in [0.1, 0.15) is 42.4 Å². The standard InChI is InChI=1S/C22H20F3NO2/c23-20-12-15(6-9-19(20)21(24)25)16-10-17-7-8-18(11-16)26(17)22(27)28-13-14-4-2-1-3-5-14/h1-6,9-10,12,17-18,21H,7-8,11,13H2. The molecule has 2 unspecified atom stereocenters. The van der Waals surface area contributed by atoms with Gasteiger partial charge in [-0.1, -0.05) is 42.5 Å². The normalized spacial score (nSPS) is 21.0. The van der Waals surface area contributed by atoms with Crippen LogP contribution in [0, 0.1) is 5.82 Å². The van der Waals surface area contributed by atoms with Crippen LogP contribution in [-0.4, -0.2) is 23.1 Å². The van der Waals surface area contributed by atoms with Gasteiger partial charge in [-0.05, 0) is 48.1 Å². The van der Waals surface area contributed by atoms with E-state index in [-0.39, 0.29) is 24.8 Å². The Labute approximate surface area is 161 Å². The summed E-state index contributed by atoms with van der Waals surface area (Å²) in [5, 5.41) is 0. The summed E-state index contributed by atoms with van der Waals surface area (Å²) in [7, 11) is 0. The average molecular weight is 387 g/mol. The fourth-order valence-corrected chi connectivity index (χ4v) is 4.03. The van der Waals surface area contributed by atoms with Crippen molar-refractivity contribution in [1.29, 1.82) is 0 Å². The lowest BCUT2D eigenvalue weighted by molar-refractivity contribution is 0.0832. The lowest BCUT2D eigenvalue weighted by atomic mass is 9.94. The highest BCUT2D eigenvalue weighted by Crippen LogP contribution is 2.39. The Bertz CT molecular complexity index is 898. The Balaban J connectivity index is 1.47. The maximum absolute atomic E-state index is 13.9. The Morgan fingerprint density at radius 3 is 2.61 bits per heavy atom. The summed E-state index contributed by atoms with van der Waals surface area (Å²) in [4.78, 5) is 14.3. The molecule has 2 aliphatic heterocycles. The molecule has 2 atom stereocenters. The predicted octanol–water partition coefficient (Wildman–Crippen LogP) is 5.72. The highest BCUT2D eigenvalue weighted by atomic mass is 19.3. The SMILES string of the molecule is O=C(OCc1ccccc1)N1C2C=C(c3ccc(C(F)F)c(F)c3)CC1CC2. The molecule has 1 saturated heterocycles. The van der Waals surface area contributed by atoms with Gasteiger partial charge in [0.15, 0.2) is 0 Å². The molecule has 2 heterocycles. The second-order valence-corrected chi connectivity index (χ2v) is 7.18. The van der Waals surface area contributed by atoms with E-state index in [9.17, 15) is 18.0 Å². The number of benzene rings is 2. The molecule has 0 radical (unpaired) electrons. The van der Waals surface area contributed by atoms with Gasteiger partial charge < -0.3 is 4.74 Å². The maximum atomic E-state index is 13.9. The zero-order chi connectivity index (χ0) is 19.7. The zero-order valence-corrected chi connectivity index (χ0v) is 15.2. The number of halogens is 3. The van der Waals surface area contributed by atoms with Crippen LogP contribution < -0.4 is 0 Å². The Hall–Kier alpha value is -2.76. The molecule has 2 bridgehead atoms. The predicted molar refractivity (Wildman–Crippen MR) is 99.2 cm³/mol. The van der Waals surface area contributed by atoms with E-state index < -0.39 is 17.8 Å². The van der Waals surface area contributed by atoms with E-state index in [1.807, 2.05) is 36.4 Å². The average Bonchev–Trinajstić information content (AvgIpc) is 2.96. The molecule has 0 aliphatic carbocycles. The number of ether oxygens (including phenoxy) is 1.